The summed E-state index contributed by atoms with van der Waals surface area (Å²) in [4.78, 5) is 32.8. The number of methoxy groups -OCH3 is 1. The number of unbranched alkanes of at least 4 members (excludes halogenated alkanes) is 1. The molecule has 9 atom stereocenters. The number of carbonyl (C=O) groups excluding carboxylic acids is 2. The summed E-state index contributed by atoms with van der Waals surface area (Å²) in [7, 11) is 8.14. The highest BCUT2D eigenvalue weighted by molar-refractivity contribution is 7.13. The largest absolute Gasteiger partial charge is 0.438 e. The normalized spacial score (nSPS) is 35.5. The molecule has 4 heterocycles. The number of ketones is 1. The molecular weight excluding hydrogens is 595 g/mol. The zero-order chi connectivity index (χ0) is 32.9. The number of hydrogen-bond donors (Lipinski definition) is 2. The third kappa shape index (κ3) is 7.95. The van der Waals surface area contributed by atoms with E-state index < -0.39 is 47.5 Å². The van der Waals surface area contributed by atoms with Gasteiger partial charge in [0.25, 0.3) is 0 Å². The molecule has 2 N–H and O–H groups in total. The fraction of sp³-hybridized carbons (Fsp3) is 0.774. The summed E-state index contributed by atoms with van der Waals surface area (Å²) in [6.45, 7) is 13.3. The maximum Gasteiger partial charge on any atom is 0.410 e. The minimum absolute atomic E-state index is 0.0444. The second-order valence-electron chi connectivity index (χ2n) is 13.1. The van der Waals surface area contributed by atoms with E-state index >= 15 is 0 Å². The van der Waals surface area contributed by atoms with Gasteiger partial charge in [-0.2, -0.15) is 0 Å². The predicted molar refractivity (Wildman–Crippen MR) is 172 cm³/mol. The lowest BCUT2D eigenvalue weighted by Gasteiger charge is -2.42. The third-order valence-electron chi connectivity index (χ3n) is 9.63. The number of hydrogen-bond acceptors (Lipinski definition) is 11. The molecule has 1 unspecified atom stereocenters. The van der Waals surface area contributed by atoms with Gasteiger partial charge >= 0.3 is 6.09 Å². The van der Waals surface area contributed by atoms with E-state index in [0.29, 0.717) is 38.9 Å². The van der Waals surface area contributed by atoms with Gasteiger partial charge in [0.1, 0.15) is 22.6 Å². The molecule has 0 aliphatic carbocycles. The number of aliphatic hydroxyl groups excluding tert-OH is 1. The van der Waals surface area contributed by atoms with Crippen LogP contribution in [-0.4, -0.2) is 106 Å². The van der Waals surface area contributed by atoms with Gasteiger partial charge in [0.2, 0.25) is 0 Å². The van der Waals surface area contributed by atoms with Gasteiger partial charge in [0.05, 0.1) is 31.6 Å². The lowest BCUT2D eigenvalue weighted by atomic mass is 9.67. The molecule has 0 saturated carbocycles. The zero-order valence-corrected chi connectivity index (χ0v) is 28.5. The van der Waals surface area contributed by atoms with Crippen molar-refractivity contribution < 1.29 is 28.9 Å². The fourth-order valence-electron chi connectivity index (χ4n) is 6.74. The molecule has 2 aromatic rings. The van der Waals surface area contributed by atoms with Crippen LogP contribution in [0.25, 0.3) is 10.7 Å². The van der Waals surface area contributed by atoms with Crippen molar-refractivity contribution >= 4 is 31.1 Å². The number of nitrogens with zero attached hydrogens (tertiary/aromatic N) is 5. The van der Waals surface area contributed by atoms with E-state index in [2.05, 4.69) is 34.5 Å². The number of nitrogens with one attached hydrogen (secondary N) is 1. The van der Waals surface area contributed by atoms with Gasteiger partial charge in [-0.05, 0) is 64.7 Å². The van der Waals surface area contributed by atoms with Crippen LogP contribution in [0.3, 0.4) is 0 Å². The number of aryl methyl sites for hydroxylation is 1. The Morgan fingerprint density at radius 2 is 1.96 bits per heavy atom. The van der Waals surface area contributed by atoms with Crippen molar-refractivity contribution in [2.24, 2.45) is 11.8 Å². The summed E-state index contributed by atoms with van der Waals surface area (Å²) in [5.41, 5.74) is -1.09. The Morgan fingerprint density at radius 3 is 2.62 bits per heavy atom. The summed E-state index contributed by atoms with van der Waals surface area (Å²) in [6.07, 6.45) is 3.77. The van der Waals surface area contributed by atoms with Crippen LogP contribution in [0.15, 0.2) is 17.8 Å². The lowest BCUT2D eigenvalue weighted by molar-refractivity contribution is -0.209. The molecule has 0 aromatic carbocycles. The number of aromatic nitrogens is 4. The van der Waals surface area contributed by atoms with Gasteiger partial charge in [-0.1, -0.05) is 26.0 Å². The first-order valence-corrected chi connectivity index (χ1v) is 16.9. The molecule has 14 heteroatoms. The zero-order valence-electron chi connectivity index (χ0n) is 27.6. The minimum Gasteiger partial charge on any atom is -0.438 e. The Morgan fingerprint density at radius 1 is 1.22 bits per heavy atom. The number of thiazole rings is 1. The Bertz CT molecular complexity index is 1270. The quantitative estimate of drug-likeness (QED) is 0.322. The van der Waals surface area contributed by atoms with Crippen LogP contribution in [0.5, 0.6) is 0 Å². The molecule has 2 fully saturated rings. The number of rotatable bonds is 8. The van der Waals surface area contributed by atoms with Crippen molar-refractivity contribution in [2.45, 2.75) is 122 Å². The molecule has 2 aliphatic rings. The monoisotopic (exact) mass is 644 g/mol. The first-order valence-electron chi connectivity index (χ1n) is 16.0. The maximum absolute atomic E-state index is 13.5. The number of carbonyl (C=O) groups is 2. The van der Waals surface area contributed by atoms with Crippen molar-refractivity contribution in [3.05, 3.63) is 17.8 Å². The van der Waals surface area contributed by atoms with Crippen LogP contribution in [0, 0.1) is 11.8 Å². The van der Waals surface area contributed by atoms with Crippen LogP contribution in [0.4, 0.5) is 4.79 Å². The van der Waals surface area contributed by atoms with Crippen LogP contribution >= 0.6 is 11.3 Å². The van der Waals surface area contributed by atoms with Crippen molar-refractivity contribution in [3.8, 4) is 10.7 Å². The molecule has 1 amide bonds. The summed E-state index contributed by atoms with van der Waals surface area (Å²) in [5.74, 6) is -1.44. The minimum atomic E-state index is -1.39. The summed E-state index contributed by atoms with van der Waals surface area (Å²) < 4.78 is 20.0. The van der Waals surface area contributed by atoms with E-state index in [1.54, 1.807) is 29.8 Å². The average molecular weight is 645 g/mol. The molecule has 2 radical (unpaired) electrons. The Kier molecular flexibility index (Phi) is 11.8. The van der Waals surface area contributed by atoms with E-state index in [1.807, 2.05) is 32.3 Å². The highest BCUT2D eigenvalue weighted by Crippen LogP contribution is 2.40. The predicted octanol–water partition coefficient (Wildman–Crippen LogP) is 3.85. The Hall–Kier alpha value is -2.39. The summed E-state index contributed by atoms with van der Waals surface area (Å²) >= 11 is 1.51. The van der Waals surface area contributed by atoms with Crippen molar-refractivity contribution in [1.82, 2.24) is 30.2 Å². The smallest absolute Gasteiger partial charge is 0.410 e. The van der Waals surface area contributed by atoms with Gasteiger partial charge < -0.3 is 24.6 Å². The highest BCUT2D eigenvalue weighted by atomic mass is 32.1. The second-order valence-corrected chi connectivity index (χ2v) is 14.0. The molecule has 248 valence electrons. The number of ether oxygens (including phenoxy) is 3. The molecule has 2 aliphatic heterocycles. The van der Waals surface area contributed by atoms with Crippen LogP contribution in [0.2, 0.25) is 5.82 Å². The Balaban J connectivity index is 1.53. The van der Waals surface area contributed by atoms with Gasteiger partial charge in [-0.25, -0.2) is 9.78 Å². The summed E-state index contributed by atoms with van der Waals surface area (Å²) in [6, 6.07) is -0.578. The average Bonchev–Trinajstić information content (AvgIpc) is 3.76. The third-order valence-corrected chi connectivity index (χ3v) is 10.4. The molecule has 2 saturated heterocycles. The SMILES string of the molecule is [B][C@@H]1CC(=O)[C@@H](C)C(O)O[C@H](CC)[C@@]2(C)OC(=O)N(CCCCn3cc(-c4nccs4)nn3)[C@@H]2[C@@H](C)NC[C@H](C)C[C@@]1(C)OC. The van der Waals surface area contributed by atoms with Gasteiger partial charge in [0, 0.05) is 44.2 Å². The Labute approximate surface area is 272 Å². The number of aliphatic hydroxyl groups is 1. The van der Waals surface area contributed by atoms with Crippen molar-refractivity contribution in [1.29, 1.82) is 0 Å². The maximum atomic E-state index is 13.5. The molecule has 45 heavy (non-hydrogen) atoms. The van der Waals surface area contributed by atoms with Crippen LogP contribution in [-0.2, 0) is 25.5 Å². The van der Waals surface area contributed by atoms with E-state index in [-0.39, 0.29) is 24.2 Å². The first-order chi connectivity index (χ1) is 21.3. The van der Waals surface area contributed by atoms with E-state index in [9.17, 15) is 14.7 Å². The number of amides is 1. The van der Waals surface area contributed by atoms with Crippen molar-refractivity contribution in [2.75, 3.05) is 20.2 Å². The van der Waals surface area contributed by atoms with Crippen LogP contribution < -0.4 is 5.32 Å². The highest BCUT2D eigenvalue weighted by Gasteiger charge is 2.57. The van der Waals surface area contributed by atoms with Gasteiger partial charge in [-0.15, -0.1) is 16.4 Å². The van der Waals surface area contributed by atoms with E-state index in [0.717, 1.165) is 17.1 Å². The van der Waals surface area contributed by atoms with Gasteiger partial charge in [-0.3, -0.25) is 14.4 Å². The number of fused-ring (bicyclic) bond motifs is 1. The molecule has 4 rings (SSSR count). The van der Waals surface area contributed by atoms with Gasteiger partial charge in [0.15, 0.2) is 11.9 Å². The standard InChI is InChI=1S/C31H49BN6O6S/c1-8-25-31(6)26(38(29(41)44-31)13-10-9-12-37-18-22(35-36-37)27-33-11-14-45-27)21(4)34-17-19(2)16-30(5,42-7)24(32)15-23(39)20(3)28(40)43-25/h11,14,18-21,24-26,28,34,40H,8-10,12-13,15-17H2,1-7H3/t19-,20-,21-,24-,25-,26-,28?,30-,31-/m1/s1. The molecule has 12 nitrogen and oxygen atoms in total. The first kappa shape index (κ1) is 35.5. The fourth-order valence-corrected chi connectivity index (χ4v) is 7.33. The molecule has 2 aromatic heterocycles. The van der Waals surface area contributed by atoms with Crippen LogP contribution in [0.1, 0.15) is 73.6 Å². The summed E-state index contributed by atoms with van der Waals surface area (Å²) in [5, 5.41) is 25.9. The molecule has 0 spiro atoms. The number of Topliss-reactive ketones (excluding diaryl/α,β-unsaturated/α-hetero) is 1. The second kappa shape index (κ2) is 15.0. The lowest BCUT2D eigenvalue weighted by Crippen LogP contribution is -2.61. The van der Waals surface area contributed by atoms with E-state index in [4.69, 9.17) is 22.1 Å². The van der Waals surface area contributed by atoms with E-state index in [1.165, 1.54) is 11.3 Å². The van der Waals surface area contributed by atoms with Crippen molar-refractivity contribution in [3.63, 3.8) is 0 Å². The topological polar surface area (TPSA) is 141 Å². The molecular formula is C31H49BN6O6S. The molecule has 0 bridgehead atoms.